The fourth-order valence-electron chi connectivity index (χ4n) is 3.45. The van der Waals surface area contributed by atoms with Gasteiger partial charge in [0.2, 0.25) is 10.0 Å². The number of phenols is 1. The molecule has 0 bridgehead atoms. The van der Waals surface area contributed by atoms with Gasteiger partial charge >= 0.3 is 0 Å². The first-order valence-corrected chi connectivity index (χ1v) is 13.4. The van der Waals surface area contributed by atoms with Crippen LogP contribution in [0, 0.1) is 0 Å². The van der Waals surface area contributed by atoms with Crippen LogP contribution < -0.4 is 10.0 Å². The van der Waals surface area contributed by atoms with Gasteiger partial charge in [-0.15, -0.1) is 0 Å². The van der Waals surface area contributed by atoms with Crippen molar-refractivity contribution < 1.29 is 28.5 Å². The van der Waals surface area contributed by atoms with E-state index in [2.05, 4.69) is 10.0 Å². The van der Waals surface area contributed by atoms with Crippen LogP contribution in [0.25, 0.3) is 0 Å². The van der Waals surface area contributed by atoms with Gasteiger partial charge < -0.3 is 25.4 Å². The van der Waals surface area contributed by atoms with E-state index in [9.17, 15) is 23.7 Å². The topological polar surface area (TPSA) is 128 Å². The monoisotopic (exact) mass is 494 g/mol. The third-order valence-corrected chi connectivity index (χ3v) is 6.93. The molecule has 0 aliphatic carbocycles. The number of rotatable bonds is 18. The highest BCUT2D eigenvalue weighted by molar-refractivity contribution is 7.89. The highest BCUT2D eigenvalue weighted by atomic mass is 32.2. The molecule has 9 heteroatoms. The van der Waals surface area contributed by atoms with Crippen molar-refractivity contribution in [2.24, 2.45) is 0 Å². The number of hydrogen-bond donors (Lipinski definition) is 5. The maximum atomic E-state index is 12.1. The van der Waals surface area contributed by atoms with Crippen LogP contribution in [0.1, 0.15) is 55.8 Å². The van der Waals surface area contributed by atoms with E-state index < -0.39 is 16.1 Å². The molecule has 0 radical (unpaired) electrons. The lowest BCUT2D eigenvalue weighted by Gasteiger charge is -2.14. The minimum Gasteiger partial charge on any atom is -0.508 e. The summed E-state index contributed by atoms with van der Waals surface area (Å²) in [5, 5.41) is 32.3. The molecular formula is C25H38N2O6S. The van der Waals surface area contributed by atoms with E-state index >= 15 is 0 Å². The molecule has 5 N–H and O–H groups in total. The van der Waals surface area contributed by atoms with Crippen LogP contribution in [-0.4, -0.2) is 56.6 Å². The summed E-state index contributed by atoms with van der Waals surface area (Å²) >= 11 is 0. The normalized spacial score (nSPS) is 12.6. The molecule has 2 aromatic rings. The summed E-state index contributed by atoms with van der Waals surface area (Å²) in [5.74, 6) is 0.0307. The quantitative estimate of drug-likeness (QED) is 0.202. The number of aromatic hydroxyl groups is 1. The van der Waals surface area contributed by atoms with Gasteiger partial charge in [0.1, 0.15) is 5.75 Å². The van der Waals surface area contributed by atoms with Crippen LogP contribution in [0.5, 0.6) is 5.75 Å². The third kappa shape index (κ3) is 10.5. The zero-order valence-corrected chi connectivity index (χ0v) is 20.5. The van der Waals surface area contributed by atoms with Crippen LogP contribution in [0.2, 0.25) is 0 Å². The minimum atomic E-state index is -3.44. The molecule has 0 unspecified atom stereocenters. The van der Waals surface area contributed by atoms with Gasteiger partial charge in [-0.1, -0.05) is 43.5 Å². The van der Waals surface area contributed by atoms with E-state index in [1.165, 1.54) is 6.07 Å². The maximum Gasteiger partial charge on any atom is 0.240 e. The van der Waals surface area contributed by atoms with E-state index in [0.717, 1.165) is 38.6 Å². The van der Waals surface area contributed by atoms with Crippen LogP contribution in [0.3, 0.4) is 0 Å². The molecular weight excluding hydrogens is 456 g/mol. The molecule has 2 rings (SSSR count). The van der Waals surface area contributed by atoms with Gasteiger partial charge in [0.15, 0.2) is 0 Å². The highest BCUT2D eigenvalue weighted by Crippen LogP contribution is 2.22. The van der Waals surface area contributed by atoms with Crippen LogP contribution >= 0.6 is 0 Å². The van der Waals surface area contributed by atoms with Crippen molar-refractivity contribution >= 4 is 10.0 Å². The zero-order chi connectivity index (χ0) is 24.7. The molecule has 8 nitrogen and oxygen atoms in total. The number of aliphatic hydroxyl groups excluding tert-OH is 2. The first-order chi connectivity index (χ1) is 16.4. The first kappa shape index (κ1) is 28.2. The Bertz CT molecular complexity index is 924. The number of sulfonamides is 1. The number of benzene rings is 2. The van der Waals surface area contributed by atoms with Gasteiger partial charge in [0, 0.05) is 31.9 Å². The molecule has 0 amide bonds. The first-order valence-electron chi connectivity index (χ1n) is 11.9. The fourth-order valence-corrected chi connectivity index (χ4v) is 4.54. The van der Waals surface area contributed by atoms with Gasteiger partial charge in [0.05, 0.1) is 17.6 Å². The molecule has 2 aromatic carbocycles. The van der Waals surface area contributed by atoms with E-state index in [1.807, 2.05) is 0 Å². The number of aliphatic hydroxyl groups is 2. The molecule has 1 atom stereocenters. The third-order valence-electron chi connectivity index (χ3n) is 5.45. The zero-order valence-electron chi connectivity index (χ0n) is 19.7. The average Bonchev–Trinajstić information content (AvgIpc) is 2.84. The molecule has 0 aromatic heterocycles. The largest absolute Gasteiger partial charge is 0.508 e. The van der Waals surface area contributed by atoms with Crippen molar-refractivity contribution in [1.29, 1.82) is 0 Å². The SMILES string of the molecule is O=S(=O)(NCCCOCCCCCCCNC[C@H](O)c1ccc(O)c(CO)c1)c1ccccc1. The lowest BCUT2D eigenvalue weighted by atomic mass is 10.1. The Hall–Kier alpha value is -2.01. The highest BCUT2D eigenvalue weighted by Gasteiger charge is 2.12. The van der Waals surface area contributed by atoms with Crippen molar-refractivity contribution in [1.82, 2.24) is 10.0 Å². The molecule has 0 spiro atoms. The van der Waals surface area contributed by atoms with Gasteiger partial charge in [-0.05, 0) is 55.6 Å². The maximum absolute atomic E-state index is 12.1. The van der Waals surface area contributed by atoms with Gasteiger partial charge in [-0.2, -0.15) is 0 Å². The molecule has 34 heavy (non-hydrogen) atoms. The summed E-state index contributed by atoms with van der Waals surface area (Å²) < 4.78 is 32.3. The van der Waals surface area contributed by atoms with Crippen molar-refractivity contribution in [3.05, 3.63) is 59.7 Å². The minimum absolute atomic E-state index is 0.0307. The number of unbranched alkanes of at least 4 members (excludes halogenated alkanes) is 4. The predicted octanol–water partition coefficient (Wildman–Crippen LogP) is 2.84. The second-order valence-electron chi connectivity index (χ2n) is 8.21. The van der Waals surface area contributed by atoms with E-state index in [0.29, 0.717) is 43.9 Å². The van der Waals surface area contributed by atoms with Gasteiger partial charge in [-0.25, -0.2) is 13.1 Å². The van der Waals surface area contributed by atoms with Crippen molar-refractivity contribution in [2.45, 2.75) is 56.1 Å². The van der Waals surface area contributed by atoms with Crippen LogP contribution in [0.4, 0.5) is 0 Å². The molecule has 0 fully saturated rings. The van der Waals surface area contributed by atoms with Gasteiger partial charge in [-0.3, -0.25) is 0 Å². The lowest BCUT2D eigenvalue weighted by Crippen LogP contribution is -2.25. The summed E-state index contributed by atoms with van der Waals surface area (Å²) in [6.07, 6.45) is 5.25. The number of nitrogens with one attached hydrogen (secondary N) is 2. The Balaban J connectivity index is 1.40. The second kappa shape index (κ2) is 15.8. The Morgan fingerprint density at radius 1 is 0.882 bits per heavy atom. The Morgan fingerprint density at radius 3 is 2.35 bits per heavy atom. The molecule has 0 heterocycles. The van der Waals surface area contributed by atoms with E-state index in [4.69, 9.17) is 4.74 Å². The van der Waals surface area contributed by atoms with Crippen LogP contribution in [-0.2, 0) is 21.4 Å². The molecule has 0 aliphatic rings. The molecule has 0 saturated heterocycles. The smallest absolute Gasteiger partial charge is 0.240 e. The summed E-state index contributed by atoms with van der Waals surface area (Å²) in [6, 6.07) is 13.1. The summed E-state index contributed by atoms with van der Waals surface area (Å²) in [4.78, 5) is 0.274. The predicted molar refractivity (Wildman–Crippen MR) is 132 cm³/mol. The fraction of sp³-hybridized carbons (Fsp3) is 0.520. The molecule has 190 valence electrons. The van der Waals surface area contributed by atoms with Crippen molar-refractivity contribution in [2.75, 3.05) is 32.8 Å². The van der Waals surface area contributed by atoms with Crippen LogP contribution in [0.15, 0.2) is 53.4 Å². The van der Waals surface area contributed by atoms with Gasteiger partial charge in [0.25, 0.3) is 0 Å². The Morgan fingerprint density at radius 2 is 1.59 bits per heavy atom. The van der Waals surface area contributed by atoms with Crippen molar-refractivity contribution in [3.63, 3.8) is 0 Å². The molecule has 0 aliphatic heterocycles. The Labute approximate surface area is 203 Å². The summed E-state index contributed by atoms with van der Waals surface area (Å²) in [6.45, 7) is 2.54. The van der Waals surface area contributed by atoms with Crippen molar-refractivity contribution in [3.8, 4) is 5.75 Å². The molecule has 0 saturated carbocycles. The lowest BCUT2D eigenvalue weighted by molar-refractivity contribution is 0.128. The van der Waals surface area contributed by atoms with E-state index in [1.54, 1.807) is 42.5 Å². The second-order valence-corrected chi connectivity index (χ2v) is 9.98. The standard InChI is InChI=1S/C25H38N2O6S/c28-20-22-18-21(12-13-24(22)29)25(30)19-26-14-7-2-1-3-8-16-33-17-9-15-27-34(31,32)23-10-5-4-6-11-23/h4-6,10-13,18,25-30H,1-3,7-9,14-17,19-20H2/t25-/m0/s1. The summed E-state index contributed by atoms with van der Waals surface area (Å²) in [5.41, 5.74) is 1.08. The Kier molecular flexibility index (Phi) is 13.1. The summed E-state index contributed by atoms with van der Waals surface area (Å²) in [7, 11) is -3.44. The average molecular weight is 495 g/mol. The number of hydrogen-bond acceptors (Lipinski definition) is 7. The number of ether oxygens (including phenoxy) is 1. The van der Waals surface area contributed by atoms with E-state index in [-0.39, 0.29) is 17.3 Å².